The normalized spacial score (nSPS) is 13.2. The predicted molar refractivity (Wildman–Crippen MR) is 120 cm³/mol. The first-order valence-corrected chi connectivity index (χ1v) is 10.6. The third kappa shape index (κ3) is 6.59. The highest BCUT2D eigenvalue weighted by atomic mass is 16.5. The quantitative estimate of drug-likeness (QED) is 0.619. The lowest BCUT2D eigenvalue weighted by Crippen LogP contribution is -2.37. The number of hydrogen-bond acceptors (Lipinski definition) is 4. The fraction of sp³-hybridized carbons (Fsp3) is 0.417. The molecule has 0 aromatic heterocycles. The standard InChI is InChI=1S/C24H31N3O3/c1-4-30-21-11-7-19(8-12-21)25-23(28)13-14-27(20-9-10-20)16-24(29)26-22-15-17(2)5-6-18(22)3/h5-8,11-12,15,20H,4,9-10,13-14,16H2,1-3H3,(H,25,28)(H,26,29). The lowest BCUT2D eigenvalue weighted by atomic mass is 10.1. The van der Waals surface area contributed by atoms with E-state index in [2.05, 4.69) is 15.5 Å². The molecule has 2 N–H and O–H groups in total. The molecule has 0 heterocycles. The van der Waals surface area contributed by atoms with Gasteiger partial charge in [-0.25, -0.2) is 0 Å². The molecule has 0 spiro atoms. The molecule has 2 aromatic rings. The molecule has 1 aliphatic rings. The molecule has 3 rings (SSSR count). The van der Waals surface area contributed by atoms with Crippen LogP contribution in [-0.2, 0) is 9.59 Å². The van der Waals surface area contributed by atoms with E-state index in [0.29, 0.717) is 32.2 Å². The molecule has 1 aliphatic carbocycles. The van der Waals surface area contributed by atoms with Crippen LogP contribution in [0.2, 0.25) is 0 Å². The summed E-state index contributed by atoms with van der Waals surface area (Å²) in [5.41, 5.74) is 3.75. The van der Waals surface area contributed by atoms with Crippen LogP contribution in [0.5, 0.6) is 5.75 Å². The Hall–Kier alpha value is -2.86. The highest BCUT2D eigenvalue weighted by molar-refractivity contribution is 5.93. The average molecular weight is 410 g/mol. The zero-order valence-corrected chi connectivity index (χ0v) is 18.0. The summed E-state index contributed by atoms with van der Waals surface area (Å²) in [4.78, 5) is 27.0. The van der Waals surface area contributed by atoms with Crippen LogP contribution in [0.1, 0.15) is 37.3 Å². The molecule has 0 radical (unpaired) electrons. The van der Waals surface area contributed by atoms with Gasteiger partial charge in [-0.3, -0.25) is 14.5 Å². The van der Waals surface area contributed by atoms with Crippen molar-refractivity contribution in [3.8, 4) is 5.75 Å². The van der Waals surface area contributed by atoms with Crippen LogP contribution in [0.25, 0.3) is 0 Å². The third-order valence-electron chi connectivity index (χ3n) is 5.15. The highest BCUT2D eigenvalue weighted by Gasteiger charge is 2.30. The predicted octanol–water partition coefficient (Wildman–Crippen LogP) is 4.13. The summed E-state index contributed by atoms with van der Waals surface area (Å²) < 4.78 is 5.41. The van der Waals surface area contributed by atoms with Crippen LogP contribution >= 0.6 is 0 Å². The molecule has 30 heavy (non-hydrogen) atoms. The van der Waals surface area contributed by atoms with Gasteiger partial charge in [0.25, 0.3) is 0 Å². The molecule has 2 amide bonds. The maximum atomic E-state index is 12.6. The molecule has 6 nitrogen and oxygen atoms in total. The van der Waals surface area contributed by atoms with Gasteiger partial charge in [0.05, 0.1) is 13.2 Å². The van der Waals surface area contributed by atoms with E-state index in [1.165, 1.54) is 0 Å². The second-order valence-electron chi connectivity index (χ2n) is 7.82. The Morgan fingerprint density at radius 3 is 2.43 bits per heavy atom. The number of benzene rings is 2. The zero-order chi connectivity index (χ0) is 21.5. The van der Waals surface area contributed by atoms with Gasteiger partial charge in [0, 0.05) is 30.4 Å². The van der Waals surface area contributed by atoms with Crippen molar-refractivity contribution >= 4 is 23.2 Å². The molecule has 0 bridgehead atoms. The fourth-order valence-electron chi connectivity index (χ4n) is 3.34. The molecule has 1 saturated carbocycles. The Bertz CT molecular complexity index is 876. The number of carbonyl (C=O) groups excluding carboxylic acids is 2. The highest BCUT2D eigenvalue weighted by Crippen LogP contribution is 2.27. The van der Waals surface area contributed by atoms with Gasteiger partial charge in [-0.15, -0.1) is 0 Å². The molecule has 0 saturated heterocycles. The second-order valence-corrected chi connectivity index (χ2v) is 7.82. The molecule has 0 atom stereocenters. The molecule has 0 unspecified atom stereocenters. The Labute approximate surface area is 178 Å². The van der Waals surface area contributed by atoms with Crippen molar-refractivity contribution in [2.75, 3.05) is 30.3 Å². The Morgan fingerprint density at radius 2 is 1.77 bits per heavy atom. The number of hydrogen-bond donors (Lipinski definition) is 2. The molecule has 2 aromatic carbocycles. The summed E-state index contributed by atoms with van der Waals surface area (Å²) in [5.74, 6) is 0.688. The first-order chi connectivity index (χ1) is 14.4. The number of ether oxygens (including phenoxy) is 1. The van der Waals surface area contributed by atoms with E-state index in [9.17, 15) is 9.59 Å². The Kier molecular flexibility index (Phi) is 7.46. The van der Waals surface area contributed by atoms with Gasteiger partial charge in [0.2, 0.25) is 11.8 Å². The number of rotatable bonds is 10. The summed E-state index contributed by atoms with van der Waals surface area (Å²) in [6, 6.07) is 13.8. The van der Waals surface area contributed by atoms with Crippen LogP contribution in [0, 0.1) is 13.8 Å². The minimum Gasteiger partial charge on any atom is -0.494 e. The number of carbonyl (C=O) groups is 2. The van der Waals surface area contributed by atoms with Crippen molar-refractivity contribution < 1.29 is 14.3 Å². The molecule has 6 heteroatoms. The fourth-order valence-corrected chi connectivity index (χ4v) is 3.34. The molecule has 0 aliphatic heterocycles. The number of nitrogens with one attached hydrogen (secondary N) is 2. The van der Waals surface area contributed by atoms with Crippen molar-refractivity contribution in [3.05, 3.63) is 53.6 Å². The van der Waals surface area contributed by atoms with Gasteiger partial charge in [-0.1, -0.05) is 12.1 Å². The van der Waals surface area contributed by atoms with Crippen LogP contribution < -0.4 is 15.4 Å². The van der Waals surface area contributed by atoms with Gasteiger partial charge in [-0.05, 0) is 75.1 Å². The van der Waals surface area contributed by atoms with Crippen LogP contribution in [-0.4, -0.2) is 42.5 Å². The lowest BCUT2D eigenvalue weighted by Gasteiger charge is -2.21. The third-order valence-corrected chi connectivity index (χ3v) is 5.15. The van der Waals surface area contributed by atoms with E-state index >= 15 is 0 Å². The summed E-state index contributed by atoms with van der Waals surface area (Å²) in [5, 5.41) is 5.93. The lowest BCUT2D eigenvalue weighted by molar-refractivity contribution is -0.119. The maximum Gasteiger partial charge on any atom is 0.238 e. The van der Waals surface area contributed by atoms with Gasteiger partial charge in [-0.2, -0.15) is 0 Å². The first kappa shape index (κ1) is 21.8. The van der Waals surface area contributed by atoms with E-state index in [1.807, 2.05) is 63.2 Å². The average Bonchev–Trinajstić information content (AvgIpc) is 3.55. The van der Waals surface area contributed by atoms with E-state index in [1.54, 1.807) is 0 Å². The van der Waals surface area contributed by atoms with Crippen molar-refractivity contribution in [1.82, 2.24) is 4.90 Å². The monoisotopic (exact) mass is 409 g/mol. The van der Waals surface area contributed by atoms with E-state index < -0.39 is 0 Å². The topological polar surface area (TPSA) is 70.7 Å². The van der Waals surface area contributed by atoms with Gasteiger partial charge in [0.1, 0.15) is 5.75 Å². The first-order valence-electron chi connectivity index (χ1n) is 10.6. The Balaban J connectivity index is 1.48. The molecular weight excluding hydrogens is 378 g/mol. The summed E-state index contributed by atoms with van der Waals surface area (Å²) in [6.45, 7) is 7.40. The van der Waals surface area contributed by atoms with E-state index in [-0.39, 0.29) is 11.8 Å². The minimum absolute atomic E-state index is 0.0393. The Morgan fingerprint density at radius 1 is 1.03 bits per heavy atom. The molecule has 1 fully saturated rings. The maximum absolute atomic E-state index is 12.6. The summed E-state index contributed by atoms with van der Waals surface area (Å²) >= 11 is 0. The molecular formula is C24H31N3O3. The van der Waals surface area contributed by atoms with E-state index in [4.69, 9.17) is 4.74 Å². The van der Waals surface area contributed by atoms with Crippen molar-refractivity contribution in [2.45, 2.75) is 46.1 Å². The molecule has 160 valence electrons. The number of nitrogens with zero attached hydrogens (tertiary/aromatic N) is 1. The van der Waals surface area contributed by atoms with Crippen LogP contribution in [0.15, 0.2) is 42.5 Å². The largest absolute Gasteiger partial charge is 0.494 e. The smallest absolute Gasteiger partial charge is 0.238 e. The number of anilines is 2. The number of amides is 2. The SMILES string of the molecule is CCOc1ccc(NC(=O)CCN(CC(=O)Nc2cc(C)ccc2C)C2CC2)cc1. The van der Waals surface area contributed by atoms with Crippen molar-refractivity contribution in [1.29, 1.82) is 0 Å². The van der Waals surface area contributed by atoms with Crippen LogP contribution in [0.3, 0.4) is 0 Å². The summed E-state index contributed by atoms with van der Waals surface area (Å²) in [7, 11) is 0. The summed E-state index contributed by atoms with van der Waals surface area (Å²) in [6.07, 6.45) is 2.51. The number of aryl methyl sites for hydroxylation is 2. The van der Waals surface area contributed by atoms with Gasteiger partial charge >= 0.3 is 0 Å². The van der Waals surface area contributed by atoms with Gasteiger partial charge in [0.15, 0.2) is 0 Å². The minimum atomic E-state index is -0.0558. The second kappa shape index (κ2) is 10.3. The van der Waals surface area contributed by atoms with Crippen molar-refractivity contribution in [3.63, 3.8) is 0 Å². The van der Waals surface area contributed by atoms with Crippen LogP contribution in [0.4, 0.5) is 11.4 Å². The van der Waals surface area contributed by atoms with Crippen molar-refractivity contribution in [2.24, 2.45) is 0 Å². The van der Waals surface area contributed by atoms with Gasteiger partial charge < -0.3 is 15.4 Å². The zero-order valence-electron chi connectivity index (χ0n) is 18.0. The van der Waals surface area contributed by atoms with E-state index in [0.717, 1.165) is 41.1 Å².